The van der Waals surface area contributed by atoms with Gasteiger partial charge in [0, 0.05) is 16.8 Å². The largest absolute Gasteiger partial charge is 0.379 e. The lowest BCUT2D eigenvalue weighted by atomic mass is 10.1. The molecule has 1 aliphatic carbocycles. The first-order chi connectivity index (χ1) is 10.2. The van der Waals surface area contributed by atoms with Crippen LogP contribution in [0.2, 0.25) is 0 Å². The van der Waals surface area contributed by atoms with E-state index in [1.54, 1.807) is 11.3 Å². The highest BCUT2D eigenvalue weighted by atomic mass is 32.1. The molecule has 3 nitrogen and oxygen atoms in total. The number of hydrogen-bond donors (Lipinski definition) is 1. The van der Waals surface area contributed by atoms with Crippen LogP contribution < -0.4 is 5.32 Å². The number of hydrogen-bond acceptors (Lipinski definition) is 3. The summed E-state index contributed by atoms with van der Waals surface area (Å²) in [7, 11) is 0. The van der Waals surface area contributed by atoms with Crippen LogP contribution in [-0.4, -0.2) is 9.38 Å². The highest BCUT2D eigenvalue weighted by Crippen LogP contribution is 2.26. The number of nitrogens with zero attached hydrogens (tertiary/aromatic N) is 2. The third-order valence-electron chi connectivity index (χ3n) is 4.39. The van der Waals surface area contributed by atoms with E-state index in [9.17, 15) is 0 Å². The Labute approximate surface area is 128 Å². The van der Waals surface area contributed by atoms with E-state index in [4.69, 9.17) is 0 Å². The number of rotatable bonds is 3. The average Bonchev–Trinajstić information content (AvgIpc) is 3.14. The van der Waals surface area contributed by atoms with Crippen LogP contribution in [0.3, 0.4) is 0 Å². The van der Waals surface area contributed by atoms with Crippen molar-refractivity contribution >= 4 is 22.0 Å². The van der Waals surface area contributed by atoms with Crippen molar-refractivity contribution in [1.82, 2.24) is 9.38 Å². The van der Waals surface area contributed by atoms with Gasteiger partial charge in [-0.1, -0.05) is 6.07 Å². The quantitative estimate of drug-likeness (QED) is 0.788. The summed E-state index contributed by atoms with van der Waals surface area (Å²) in [4.78, 5) is 5.74. The Morgan fingerprint density at radius 3 is 3.00 bits per heavy atom. The molecule has 0 fully saturated rings. The van der Waals surface area contributed by atoms with E-state index >= 15 is 0 Å². The molecule has 4 rings (SSSR count). The minimum atomic E-state index is 0.823. The molecular weight excluding hydrogens is 278 g/mol. The molecular formula is C17H19N3S. The maximum Gasteiger partial charge on any atom is 0.194 e. The number of anilines is 1. The second kappa shape index (κ2) is 4.88. The smallest absolute Gasteiger partial charge is 0.194 e. The van der Waals surface area contributed by atoms with Crippen LogP contribution in [0, 0.1) is 13.8 Å². The van der Waals surface area contributed by atoms with E-state index in [2.05, 4.69) is 52.1 Å². The number of thiazole rings is 1. The lowest BCUT2D eigenvalue weighted by molar-refractivity contribution is 0.911. The number of aryl methyl sites for hydroxylation is 4. The van der Waals surface area contributed by atoms with Gasteiger partial charge in [-0.2, -0.15) is 0 Å². The molecule has 1 aliphatic rings. The molecule has 0 unspecified atom stereocenters. The highest BCUT2D eigenvalue weighted by Gasteiger charge is 2.13. The predicted molar refractivity (Wildman–Crippen MR) is 88.3 cm³/mol. The molecule has 3 aromatic rings. The van der Waals surface area contributed by atoms with E-state index < -0.39 is 0 Å². The van der Waals surface area contributed by atoms with E-state index in [0.717, 1.165) is 17.2 Å². The first-order valence-electron chi connectivity index (χ1n) is 7.50. The summed E-state index contributed by atoms with van der Waals surface area (Å²) in [5.41, 5.74) is 7.92. The lowest BCUT2D eigenvalue weighted by Gasteiger charge is -2.09. The topological polar surface area (TPSA) is 29.3 Å². The SMILES string of the molecule is Cc1nc2scc(C)n2c1CNc1ccc2c(c1)CCC2. The number of aromatic nitrogens is 2. The van der Waals surface area contributed by atoms with Gasteiger partial charge in [-0.25, -0.2) is 4.98 Å². The van der Waals surface area contributed by atoms with E-state index in [0.29, 0.717) is 0 Å². The van der Waals surface area contributed by atoms with Gasteiger partial charge < -0.3 is 5.32 Å². The van der Waals surface area contributed by atoms with Crippen LogP contribution in [0.25, 0.3) is 4.96 Å². The number of imidazole rings is 1. The Balaban J connectivity index is 1.61. The summed E-state index contributed by atoms with van der Waals surface area (Å²) >= 11 is 1.71. The van der Waals surface area contributed by atoms with Gasteiger partial charge in [0.25, 0.3) is 0 Å². The van der Waals surface area contributed by atoms with E-state index in [1.807, 2.05) is 0 Å². The van der Waals surface area contributed by atoms with Crippen LogP contribution in [0.5, 0.6) is 0 Å². The van der Waals surface area contributed by atoms with E-state index in [1.165, 1.54) is 47.5 Å². The number of fused-ring (bicyclic) bond motifs is 2. The van der Waals surface area contributed by atoms with Crippen molar-refractivity contribution in [3.63, 3.8) is 0 Å². The van der Waals surface area contributed by atoms with Crippen molar-refractivity contribution in [3.8, 4) is 0 Å². The number of nitrogens with one attached hydrogen (secondary N) is 1. The Morgan fingerprint density at radius 2 is 2.10 bits per heavy atom. The average molecular weight is 297 g/mol. The molecule has 21 heavy (non-hydrogen) atoms. The zero-order valence-electron chi connectivity index (χ0n) is 12.4. The molecule has 4 heteroatoms. The van der Waals surface area contributed by atoms with Gasteiger partial charge in [0.15, 0.2) is 4.96 Å². The Bertz CT molecular complexity index is 813. The standard InChI is InChI=1S/C17H19N3S/c1-11-10-21-17-19-12(2)16(20(11)17)9-18-15-7-6-13-4-3-5-14(13)8-15/h6-8,10,18H,3-5,9H2,1-2H3. The summed E-state index contributed by atoms with van der Waals surface area (Å²) in [6, 6.07) is 6.80. The Hall–Kier alpha value is -1.81. The fourth-order valence-electron chi connectivity index (χ4n) is 3.24. The fraction of sp³-hybridized carbons (Fsp3) is 0.353. The zero-order valence-corrected chi connectivity index (χ0v) is 13.3. The maximum absolute atomic E-state index is 4.65. The molecule has 0 bridgehead atoms. The maximum atomic E-state index is 4.65. The monoisotopic (exact) mass is 297 g/mol. The van der Waals surface area contributed by atoms with Gasteiger partial charge in [-0.05, 0) is 56.4 Å². The summed E-state index contributed by atoms with van der Waals surface area (Å²) in [6.07, 6.45) is 3.77. The molecule has 1 aromatic carbocycles. The van der Waals surface area contributed by atoms with Crippen LogP contribution in [0.1, 0.15) is 34.6 Å². The Morgan fingerprint density at radius 1 is 1.24 bits per heavy atom. The first-order valence-corrected chi connectivity index (χ1v) is 8.38. The second-order valence-electron chi connectivity index (χ2n) is 5.83. The van der Waals surface area contributed by atoms with Crippen LogP contribution in [-0.2, 0) is 19.4 Å². The van der Waals surface area contributed by atoms with Crippen LogP contribution >= 0.6 is 11.3 Å². The molecule has 2 heterocycles. The van der Waals surface area contributed by atoms with Crippen LogP contribution in [0.15, 0.2) is 23.6 Å². The van der Waals surface area contributed by atoms with Gasteiger partial charge in [-0.15, -0.1) is 11.3 Å². The summed E-state index contributed by atoms with van der Waals surface area (Å²) in [5, 5.41) is 5.74. The zero-order chi connectivity index (χ0) is 14.4. The molecule has 0 spiro atoms. The minimum Gasteiger partial charge on any atom is -0.379 e. The van der Waals surface area contributed by atoms with Gasteiger partial charge in [-0.3, -0.25) is 4.40 Å². The van der Waals surface area contributed by atoms with Crippen LogP contribution in [0.4, 0.5) is 5.69 Å². The molecule has 0 saturated heterocycles. The third-order valence-corrected chi connectivity index (χ3v) is 5.33. The van der Waals surface area contributed by atoms with Gasteiger partial charge in [0.05, 0.1) is 17.9 Å². The second-order valence-corrected chi connectivity index (χ2v) is 6.67. The summed E-state index contributed by atoms with van der Waals surface area (Å²) in [5.74, 6) is 0. The van der Waals surface area contributed by atoms with Crippen molar-refractivity contribution in [3.05, 3.63) is 51.8 Å². The molecule has 0 radical (unpaired) electrons. The molecule has 1 N–H and O–H groups in total. The van der Waals surface area contributed by atoms with Gasteiger partial charge >= 0.3 is 0 Å². The minimum absolute atomic E-state index is 0.823. The van der Waals surface area contributed by atoms with Gasteiger partial charge in [0.1, 0.15) is 0 Å². The van der Waals surface area contributed by atoms with Gasteiger partial charge in [0.2, 0.25) is 0 Å². The normalized spacial score (nSPS) is 13.8. The molecule has 0 amide bonds. The fourth-order valence-corrected chi connectivity index (χ4v) is 4.17. The van der Waals surface area contributed by atoms with Crippen molar-refractivity contribution in [2.75, 3.05) is 5.32 Å². The molecule has 0 atom stereocenters. The van der Waals surface area contributed by atoms with Crippen molar-refractivity contribution in [2.24, 2.45) is 0 Å². The van der Waals surface area contributed by atoms with Crippen molar-refractivity contribution in [1.29, 1.82) is 0 Å². The third kappa shape index (κ3) is 2.14. The Kier molecular flexibility index (Phi) is 3.00. The van der Waals surface area contributed by atoms with Crippen molar-refractivity contribution < 1.29 is 0 Å². The predicted octanol–water partition coefficient (Wildman–Crippen LogP) is 4.11. The highest BCUT2D eigenvalue weighted by molar-refractivity contribution is 7.15. The molecule has 0 saturated carbocycles. The van der Waals surface area contributed by atoms with E-state index in [-0.39, 0.29) is 0 Å². The lowest BCUT2D eigenvalue weighted by Crippen LogP contribution is -2.05. The molecule has 0 aliphatic heterocycles. The summed E-state index contributed by atoms with van der Waals surface area (Å²) in [6.45, 7) is 5.06. The number of benzene rings is 1. The first kappa shape index (κ1) is 12.9. The van der Waals surface area contributed by atoms with Crippen molar-refractivity contribution in [2.45, 2.75) is 39.7 Å². The summed E-state index contributed by atoms with van der Waals surface area (Å²) < 4.78 is 2.26. The molecule has 108 valence electrons. The molecule has 2 aromatic heterocycles.